The van der Waals surface area contributed by atoms with Gasteiger partial charge in [-0.25, -0.2) is 19.9 Å². The maximum atomic E-state index is 6.71. The molecule has 8 aromatic carbocycles. The second-order valence-electron chi connectivity index (χ2n) is 13.8. The summed E-state index contributed by atoms with van der Waals surface area (Å²) in [6.45, 7) is 0. The SMILES string of the molecule is c1ccc(-c2ccc3cc(-c4nc5cccc(-c6ccc7c(c6)oc6c(-c8nc(-c9ccccc9)nc(-c9ccccc9)n8)cccc67)c5o4)ccc3c2)cc1. The van der Waals surface area contributed by atoms with Crippen molar-refractivity contribution in [3.8, 4) is 67.9 Å². The molecule has 0 aliphatic carbocycles. The molecule has 3 aromatic heterocycles. The number of para-hydroxylation sites is 2. The predicted octanol–water partition coefficient (Wildman–Crippen LogP) is 13.1. The van der Waals surface area contributed by atoms with Crippen LogP contribution in [0, 0.1) is 0 Å². The zero-order valence-corrected chi connectivity index (χ0v) is 29.9. The summed E-state index contributed by atoms with van der Waals surface area (Å²) in [6, 6.07) is 61.8. The van der Waals surface area contributed by atoms with Crippen molar-refractivity contribution in [3.63, 3.8) is 0 Å². The highest BCUT2D eigenvalue weighted by Crippen LogP contribution is 2.39. The van der Waals surface area contributed by atoms with E-state index in [1.807, 2.05) is 91.0 Å². The van der Waals surface area contributed by atoms with Crippen LogP contribution in [0.15, 0.2) is 191 Å². The molecule has 262 valence electrons. The molecule has 6 nitrogen and oxygen atoms in total. The molecule has 56 heavy (non-hydrogen) atoms. The molecule has 0 N–H and O–H groups in total. The lowest BCUT2D eigenvalue weighted by Gasteiger charge is -2.08. The Kier molecular flexibility index (Phi) is 7.38. The van der Waals surface area contributed by atoms with Crippen LogP contribution in [0.2, 0.25) is 0 Å². The molecule has 6 heteroatoms. The fourth-order valence-corrected chi connectivity index (χ4v) is 7.56. The van der Waals surface area contributed by atoms with Crippen LogP contribution in [0.4, 0.5) is 0 Å². The van der Waals surface area contributed by atoms with Gasteiger partial charge in [-0.05, 0) is 69.9 Å². The summed E-state index contributed by atoms with van der Waals surface area (Å²) >= 11 is 0. The Balaban J connectivity index is 0.985. The number of nitrogens with zero attached hydrogens (tertiary/aromatic N) is 4. The number of fused-ring (bicyclic) bond motifs is 5. The topological polar surface area (TPSA) is 77.8 Å². The van der Waals surface area contributed by atoms with Crippen LogP contribution in [0.1, 0.15) is 0 Å². The number of rotatable bonds is 6. The number of benzene rings is 8. The van der Waals surface area contributed by atoms with Gasteiger partial charge in [-0.1, -0.05) is 140 Å². The molecule has 0 aliphatic heterocycles. The standard InChI is InChI=1S/C50H30N4O2/c1-4-12-31(13-5-1)34-22-23-36-29-38(25-24-35(36)28-34)50-51-43-21-11-18-39(46(43)56-50)37-26-27-40-41-19-10-20-42(45(41)55-44(40)30-37)49-53-47(32-14-6-2-7-15-32)52-48(54-49)33-16-8-3-9-17-33/h1-30H. The molecule has 0 saturated carbocycles. The van der Waals surface area contributed by atoms with Crippen LogP contribution in [-0.2, 0) is 0 Å². The second-order valence-corrected chi connectivity index (χ2v) is 13.8. The van der Waals surface area contributed by atoms with Gasteiger partial charge >= 0.3 is 0 Å². The van der Waals surface area contributed by atoms with Gasteiger partial charge in [0.2, 0.25) is 5.89 Å². The number of furan rings is 1. The molecule has 0 fully saturated rings. The highest BCUT2D eigenvalue weighted by Gasteiger charge is 2.19. The Bertz CT molecular complexity index is 3190. The Morgan fingerprint density at radius 3 is 1.62 bits per heavy atom. The molecule has 11 aromatic rings. The highest BCUT2D eigenvalue weighted by atomic mass is 16.3. The molecule has 0 saturated heterocycles. The van der Waals surface area contributed by atoms with E-state index in [1.54, 1.807) is 0 Å². The molecule has 0 spiro atoms. The quantitative estimate of drug-likeness (QED) is 0.170. The first-order chi connectivity index (χ1) is 27.7. The van der Waals surface area contributed by atoms with Crippen molar-refractivity contribution in [2.24, 2.45) is 0 Å². The van der Waals surface area contributed by atoms with Gasteiger partial charge < -0.3 is 8.83 Å². The summed E-state index contributed by atoms with van der Waals surface area (Å²) in [5.41, 5.74) is 10.8. The molecule has 0 unspecified atom stereocenters. The van der Waals surface area contributed by atoms with Crippen LogP contribution in [0.25, 0.3) is 112 Å². The smallest absolute Gasteiger partial charge is 0.227 e. The van der Waals surface area contributed by atoms with E-state index in [1.165, 1.54) is 11.1 Å². The number of oxazole rings is 1. The molecule has 11 rings (SSSR count). The van der Waals surface area contributed by atoms with E-state index >= 15 is 0 Å². The minimum absolute atomic E-state index is 0.548. The molecule has 0 aliphatic rings. The maximum Gasteiger partial charge on any atom is 0.227 e. The van der Waals surface area contributed by atoms with Crippen LogP contribution in [0.5, 0.6) is 0 Å². The Labute approximate surface area is 321 Å². The third-order valence-corrected chi connectivity index (χ3v) is 10.4. The van der Waals surface area contributed by atoms with E-state index in [9.17, 15) is 0 Å². The van der Waals surface area contributed by atoms with Crippen molar-refractivity contribution in [2.45, 2.75) is 0 Å². The third kappa shape index (κ3) is 5.51. The first-order valence-electron chi connectivity index (χ1n) is 18.5. The van der Waals surface area contributed by atoms with E-state index in [0.29, 0.717) is 23.4 Å². The first kappa shape index (κ1) is 31.8. The third-order valence-electron chi connectivity index (χ3n) is 10.4. The summed E-state index contributed by atoms with van der Waals surface area (Å²) in [5.74, 6) is 2.33. The summed E-state index contributed by atoms with van der Waals surface area (Å²) in [4.78, 5) is 19.8. The average molecular weight is 719 g/mol. The molecule has 0 amide bonds. The zero-order valence-electron chi connectivity index (χ0n) is 29.9. The van der Waals surface area contributed by atoms with E-state index in [0.717, 1.165) is 77.2 Å². The normalized spacial score (nSPS) is 11.6. The average Bonchev–Trinajstić information content (AvgIpc) is 3.89. The second kappa shape index (κ2) is 13.0. The molecule has 3 heterocycles. The largest absolute Gasteiger partial charge is 0.455 e. The minimum atomic E-state index is 0.548. The van der Waals surface area contributed by atoms with E-state index in [4.69, 9.17) is 28.8 Å². The van der Waals surface area contributed by atoms with Crippen molar-refractivity contribution in [3.05, 3.63) is 182 Å². The summed E-state index contributed by atoms with van der Waals surface area (Å²) in [6.07, 6.45) is 0. The van der Waals surface area contributed by atoms with Crippen LogP contribution in [-0.4, -0.2) is 19.9 Å². The van der Waals surface area contributed by atoms with Crippen molar-refractivity contribution in [1.82, 2.24) is 19.9 Å². The minimum Gasteiger partial charge on any atom is -0.455 e. The van der Waals surface area contributed by atoms with Crippen molar-refractivity contribution in [2.75, 3.05) is 0 Å². The molecular formula is C50H30N4O2. The van der Waals surface area contributed by atoms with Gasteiger partial charge in [0.15, 0.2) is 23.1 Å². The van der Waals surface area contributed by atoms with Gasteiger partial charge in [0.05, 0.1) is 5.56 Å². The number of hydrogen-bond acceptors (Lipinski definition) is 6. The van der Waals surface area contributed by atoms with Crippen molar-refractivity contribution in [1.29, 1.82) is 0 Å². The van der Waals surface area contributed by atoms with Crippen LogP contribution < -0.4 is 0 Å². The van der Waals surface area contributed by atoms with Crippen LogP contribution >= 0.6 is 0 Å². The fraction of sp³-hybridized carbons (Fsp3) is 0. The molecule has 0 bridgehead atoms. The fourth-order valence-electron chi connectivity index (χ4n) is 7.56. The molecule has 0 radical (unpaired) electrons. The van der Waals surface area contributed by atoms with Crippen molar-refractivity contribution < 1.29 is 8.83 Å². The van der Waals surface area contributed by atoms with E-state index in [2.05, 4.69) is 91.0 Å². The Hall–Kier alpha value is -7.70. The zero-order chi connectivity index (χ0) is 37.0. The summed E-state index contributed by atoms with van der Waals surface area (Å²) in [5, 5.41) is 4.28. The summed E-state index contributed by atoms with van der Waals surface area (Å²) in [7, 11) is 0. The van der Waals surface area contributed by atoms with Gasteiger partial charge in [-0.3, -0.25) is 0 Å². The van der Waals surface area contributed by atoms with Crippen LogP contribution in [0.3, 0.4) is 0 Å². The Morgan fingerprint density at radius 1 is 0.321 bits per heavy atom. The molecule has 0 atom stereocenters. The van der Waals surface area contributed by atoms with Gasteiger partial charge in [0.1, 0.15) is 16.7 Å². The molecular weight excluding hydrogens is 689 g/mol. The number of hydrogen-bond donors (Lipinski definition) is 0. The van der Waals surface area contributed by atoms with E-state index in [-0.39, 0.29) is 0 Å². The maximum absolute atomic E-state index is 6.71. The summed E-state index contributed by atoms with van der Waals surface area (Å²) < 4.78 is 13.3. The van der Waals surface area contributed by atoms with Gasteiger partial charge in [-0.15, -0.1) is 0 Å². The lowest BCUT2D eigenvalue weighted by molar-refractivity contribution is 0.621. The lowest BCUT2D eigenvalue weighted by Crippen LogP contribution is -2.00. The Morgan fingerprint density at radius 2 is 0.911 bits per heavy atom. The van der Waals surface area contributed by atoms with Gasteiger partial charge in [0, 0.05) is 33.0 Å². The van der Waals surface area contributed by atoms with Gasteiger partial charge in [0.25, 0.3) is 0 Å². The van der Waals surface area contributed by atoms with Crippen molar-refractivity contribution >= 4 is 43.8 Å². The van der Waals surface area contributed by atoms with E-state index < -0.39 is 0 Å². The predicted molar refractivity (Wildman–Crippen MR) is 225 cm³/mol. The highest BCUT2D eigenvalue weighted by molar-refractivity contribution is 6.10. The monoisotopic (exact) mass is 718 g/mol. The van der Waals surface area contributed by atoms with Gasteiger partial charge in [-0.2, -0.15) is 0 Å². The number of aromatic nitrogens is 4. The first-order valence-corrected chi connectivity index (χ1v) is 18.5. The lowest BCUT2D eigenvalue weighted by atomic mass is 10.00.